The normalized spacial score (nSPS) is 11.5. The van der Waals surface area contributed by atoms with Crippen LogP contribution in [0.15, 0.2) is 42.5 Å². The number of amides is 1. The molecule has 0 fully saturated rings. The molecule has 2 aromatic rings. The first-order valence-electron chi connectivity index (χ1n) is 12.6. The Morgan fingerprint density at radius 1 is 0.897 bits per heavy atom. The first-order chi connectivity index (χ1) is 18.5. The Balaban J connectivity index is 2.32. The Morgan fingerprint density at radius 3 is 2.15 bits per heavy atom. The maximum Gasteiger partial charge on any atom is 0.413 e. The zero-order valence-electron chi connectivity index (χ0n) is 23.2. The molecular weight excluding hydrogens is 506 g/mol. The largest absolute Gasteiger partial charge is 0.494 e. The summed E-state index contributed by atoms with van der Waals surface area (Å²) in [4.78, 5) is 36.9. The van der Waals surface area contributed by atoms with Gasteiger partial charge in [0.2, 0.25) is 0 Å². The standard InChI is InChI=1S/C28H37N3O8/c1-7-35-20-14-15-22(38-17-23(32)36-8-2)21(16-20)24(26(33)37-9-3)30-19-12-10-18(11-13-19)25(29)31-27(34)39-28(4,5)6/h10-16,24,30H,7-9,17H2,1-6H3,(H2,29,31,34). The first kappa shape index (κ1) is 30.9. The summed E-state index contributed by atoms with van der Waals surface area (Å²) < 4.78 is 26.7. The quantitative estimate of drug-likeness (QED) is 0.151. The molecule has 3 N–H and O–H groups in total. The van der Waals surface area contributed by atoms with Gasteiger partial charge in [-0.15, -0.1) is 0 Å². The third-order valence-electron chi connectivity index (χ3n) is 4.89. The van der Waals surface area contributed by atoms with Crippen LogP contribution >= 0.6 is 0 Å². The van der Waals surface area contributed by atoms with Gasteiger partial charge in [0.15, 0.2) is 12.6 Å². The molecule has 11 nitrogen and oxygen atoms in total. The van der Waals surface area contributed by atoms with Crippen LogP contribution in [0.3, 0.4) is 0 Å². The lowest BCUT2D eigenvalue weighted by Gasteiger charge is -2.22. The molecule has 1 atom stereocenters. The monoisotopic (exact) mass is 543 g/mol. The third kappa shape index (κ3) is 10.2. The fraction of sp³-hybridized carbons (Fsp3) is 0.429. The van der Waals surface area contributed by atoms with E-state index in [1.54, 1.807) is 77.1 Å². The van der Waals surface area contributed by atoms with Gasteiger partial charge in [-0.3, -0.25) is 10.7 Å². The maximum atomic E-state index is 13.1. The molecule has 39 heavy (non-hydrogen) atoms. The lowest BCUT2D eigenvalue weighted by atomic mass is 10.0. The average Bonchev–Trinajstić information content (AvgIpc) is 2.86. The van der Waals surface area contributed by atoms with Gasteiger partial charge >= 0.3 is 18.0 Å². The van der Waals surface area contributed by atoms with Crippen LogP contribution in [0.25, 0.3) is 0 Å². The molecule has 0 aliphatic rings. The van der Waals surface area contributed by atoms with E-state index >= 15 is 0 Å². The minimum Gasteiger partial charge on any atom is -0.494 e. The number of esters is 2. The van der Waals surface area contributed by atoms with Crippen molar-refractivity contribution in [3.8, 4) is 11.5 Å². The van der Waals surface area contributed by atoms with Crippen molar-refractivity contribution in [2.75, 3.05) is 31.7 Å². The fourth-order valence-corrected chi connectivity index (χ4v) is 3.35. The average molecular weight is 544 g/mol. The summed E-state index contributed by atoms with van der Waals surface area (Å²) in [5.41, 5.74) is 0.654. The molecule has 1 amide bonds. The van der Waals surface area contributed by atoms with Crippen LogP contribution in [0, 0.1) is 5.41 Å². The van der Waals surface area contributed by atoms with Crippen LogP contribution in [-0.4, -0.2) is 55.9 Å². The topological polar surface area (TPSA) is 145 Å². The van der Waals surface area contributed by atoms with Crippen molar-refractivity contribution >= 4 is 29.6 Å². The summed E-state index contributed by atoms with van der Waals surface area (Å²) in [7, 11) is 0. The van der Waals surface area contributed by atoms with E-state index in [-0.39, 0.29) is 31.4 Å². The second-order valence-corrected chi connectivity index (χ2v) is 9.13. The number of hydrogen-bond acceptors (Lipinski definition) is 10. The number of nitrogens with one attached hydrogen (secondary N) is 3. The van der Waals surface area contributed by atoms with Gasteiger partial charge in [0.05, 0.1) is 19.8 Å². The van der Waals surface area contributed by atoms with E-state index in [4.69, 9.17) is 29.1 Å². The fourth-order valence-electron chi connectivity index (χ4n) is 3.35. The Bertz CT molecular complexity index is 1140. The number of hydrogen-bond donors (Lipinski definition) is 3. The summed E-state index contributed by atoms with van der Waals surface area (Å²) in [5, 5.41) is 13.7. The Kier molecular flexibility index (Phi) is 11.6. The summed E-state index contributed by atoms with van der Waals surface area (Å²) in [6.45, 7) is 10.8. The van der Waals surface area contributed by atoms with Crippen molar-refractivity contribution in [1.82, 2.24) is 5.32 Å². The number of amidine groups is 1. The molecule has 0 bridgehead atoms. The molecule has 0 saturated carbocycles. The summed E-state index contributed by atoms with van der Waals surface area (Å²) in [5.74, 6) is -0.482. The van der Waals surface area contributed by atoms with Crippen LogP contribution in [-0.2, 0) is 23.8 Å². The van der Waals surface area contributed by atoms with Crippen LogP contribution in [0.5, 0.6) is 11.5 Å². The predicted octanol–water partition coefficient (Wildman–Crippen LogP) is 4.59. The summed E-state index contributed by atoms with van der Waals surface area (Å²) >= 11 is 0. The van der Waals surface area contributed by atoms with Crippen LogP contribution < -0.4 is 20.1 Å². The molecule has 11 heteroatoms. The maximum absolute atomic E-state index is 13.1. The van der Waals surface area contributed by atoms with Crippen molar-refractivity contribution in [1.29, 1.82) is 5.41 Å². The Hall–Kier alpha value is -4.28. The third-order valence-corrected chi connectivity index (χ3v) is 4.89. The number of carbonyl (C=O) groups excluding carboxylic acids is 3. The van der Waals surface area contributed by atoms with Gasteiger partial charge in [0.25, 0.3) is 0 Å². The minimum atomic E-state index is -1.02. The zero-order valence-corrected chi connectivity index (χ0v) is 23.2. The predicted molar refractivity (Wildman–Crippen MR) is 145 cm³/mol. The second kappa shape index (κ2) is 14.6. The smallest absolute Gasteiger partial charge is 0.413 e. The highest BCUT2D eigenvalue weighted by atomic mass is 16.6. The van der Waals surface area contributed by atoms with Crippen molar-refractivity contribution in [2.45, 2.75) is 53.2 Å². The Morgan fingerprint density at radius 2 is 1.56 bits per heavy atom. The molecule has 1 unspecified atom stereocenters. The highest BCUT2D eigenvalue weighted by Gasteiger charge is 2.27. The molecule has 0 aromatic heterocycles. The van der Waals surface area contributed by atoms with Crippen LogP contribution in [0.2, 0.25) is 0 Å². The van der Waals surface area contributed by atoms with E-state index in [0.717, 1.165) is 0 Å². The molecule has 0 aliphatic carbocycles. The second-order valence-electron chi connectivity index (χ2n) is 9.13. The Labute approximate surface area is 228 Å². The van der Waals surface area contributed by atoms with E-state index in [9.17, 15) is 14.4 Å². The lowest BCUT2D eigenvalue weighted by Crippen LogP contribution is -2.36. The van der Waals surface area contributed by atoms with Gasteiger partial charge in [0, 0.05) is 16.8 Å². The lowest BCUT2D eigenvalue weighted by molar-refractivity contribution is -0.145. The van der Waals surface area contributed by atoms with Gasteiger partial charge in [-0.1, -0.05) is 0 Å². The summed E-state index contributed by atoms with van der Waals surface area (Å²) in [6.07, 6.45) is -0.735. The highest BCUT2D eigenvalue weighted by Crippen LogP contribution is 2.33. The van der Waals surface area contributed by atoms with E-state index in [2.05, 4.69) is 10.6 Å². The van der Waals surface area contributed by atoms with E-state index in [1.165, 1.54) is 0 Å². The molecule has 0 heterocycles. The van der Waals surface area contributed by atoms with Crippen molar-refractivity contribution < 1.29 is 38.1 Å². The molecule has 0 radical (unpaired) electrons. The van der Waals surface area contributed by atoms with Crippen LogP contribution in [0.4, 0.5) is 10.5 Å². The number of ether oxygens (including phenoxy) is 5. The van der Waals surface area contributed by atoms with Gasteiger partial charge in [-0.2, -0.15) is 0 Å². The van der Waals surface area contributed by atoms with Crippen molar-refractivity contribution in [2.24, 2.45) is 0 Å². The zero-order chi connectivity index (χ0) is 29.0. The van der Waals surface area contributed by atoms with Crippen molar-refractivity contribution in [3.63, 3.8) is 0 Å². The minimum absolute atomic E-state index is 0.142. The van der Waals surface area contributed by atoms with Crippen LogP contribution in [0.1, 0.15) is 58.7 Å². The number of rotatable bonds is 12. The first-order valence-corrected chi connectivity index (χ1v) is 12.6. The molecule has 0 saturated heterocycles. The van der Waals surface area contributed by atoms with E-state index in [1.807, 2.05) is 6.92 Å². The molecule has 0 spiro atoms. The van der Waals surface area contributed by atoms with Crippen molar-refractivity contribution in [3.05, 3.63) is 53.6 Å². The molecule has 2 rings (SSSR count). The molecule has 212 valence electrons. The SMILES string of the molecule is CCOC(=O)COc1ccc(OCC)cc1C(Nc1ccc(C(=N)NC(=O)OC(C)(C)C)cc1)C(=O)OCC. The van der Waals surface area contributed by atoms with Gasteiger partial charge in [-0.05, 0) is 84.0 Å². The number of benzene rings is 2. The molecule has 0 aliphatic heterocycles. The van der Waals surface area contributed by atoms with Gasteiger partial charge in [0.1, 0.15) is 22.9 Å². The highest BCUT2D eigenvalue weighted by molar-refractivity contribution is 6.04. The number of anilines is 1. The molecule has 2 aromatic carbocycles. The van der Waals surface area contributed by atoms with Gasteiger partial charge < -0.3 is 29.0 Å². The number of carbonyl (C=O) groups is 3. The summed E-state index contributed by atoms with van der Waals surface area (Å²) in [6, 6.07) is 10.4. The molecular formula is C28H37N3O8. The van der Waals surface area contributed by atoms with E-state index in [0.29, 0.717) is 29.2 Å². The van der Waals surface area contributed by atoms with Gasteiger partial charge in [-0.25, -0.2) is 14.4 Å². The number of alkyl carbamates (subject to hydrolysis) is 1. The van der Waals surface area contributed by atoms with E-state index < -0.39 is 29.7 Å².